The number of anilines is 1. The number of rotatable bonds is 6. The first kappa shape index (κ1) is 24.4. The third kappa shape index (κ3) is 5.16. The van der Waals surface area contributed by atoms with Crippen molar-refractivity contribution in [2.24, 2.45) is 0 Å². The summed E-state index contributed by atoms with van der Waals surface area (Å²) in [6.45, 7) is 7.51. The predicted octanol–water partition coefficient (Wildman–Crippen LogP) is 2.49. The van der Waals surface area contributed by atoms with Crippen LogP contribution in [0.1, 0.15) is 37.4 Å². The topological polar surface area (TPSA) is 90.0 Å². The first-order valence-electron chi connectivity index (χ1n) is 11.8. The number of benzene rings is 2. The molecule has 0 aromatic heterocycles. The molecule has 2 heterocycles. The van der Waals surface area contributed by atoms with Crippen molar-refractivity contribution in [3.63, 3.8) is 0 Å². The second-order valence-electron chi connectivity index (χ2n) is 8.79. The van der Waals surface area contributed by atoms with Crippen LogP contribution in [0.15, 0.2) is 53.4 Å². The van der Waals surface area contributed by atoms with E-state index in [1.807, 2.05) is 24.3 Å². The molecule has 1 atom stereocenters. The Bertz CT molecular complexity index is 1140. The number of nitrogens with zero attached hydrogens (tertiary/aromatic N) is 3. The van der Waals surface area contributed by atoms with Crippen LogP contribution < -0.4 is 5.32 Å². The number of amides is 2. The molecule has 1 fully saturated rings. The highest BCUT2D eigenvalue weighted by Crippen LogP contribution is 2.32. The molecule has 1 saturated heterocycles. The van der Waals surface area contributed by atoms with E-state index in [1.54, 1.807) is 17.0 Å². The summed E-state index contributed by atoms with van der Waals surface area (Å²) in [4.78, 5) is 29.2. The molecule has 2 aliphatic heterocycles. The first-order chi connectivity index (χ1) is 16.3. The molecule has 2 amide bonds. The summed E-state index contributed by atoms with van der Waals surface area (Å²) in [7, 11) is -3.56. The van der Waals surface area contributed by atoms with Gasteiger partial charge in [-0.3, -0.25) is 9.59 Å². The lowest BCUT2D eigenvalue weighted by molar-refractivity contribution is -0.132. The smallest absolute Gasteiger partial charge is 0.243 e. The lowest BCUT2D eigenvalue weighted by Gasteiger charge is -2.36. The molecule has 0 spiro atoms. The minimum atomic E-state index is -3.56. The Kier molecular flexibility index (Phi) is 7.35. The fraction of sp³-hybridized carbons (Fsp3) is 0.440. The number of carbonyl (C=O) groups excluding carboxylic acids is 2. The number of piperazine rings is 1. The molecular formula is C25H32N4O4S. The first-order valence-corrected chi connectivity index (χ1v) is 13.2. The Morgan fingerprint density at radius 1 is 0.971 bits per heavy atom. The van der Waals surface area contributed by atoms with Crippen LogP contribution in [-0.2, 0) is 26.0 Å². The quantitative estimate of drug-likeness (QED) is 0.681. The Hall–Kier alpha value is -2.75. The number of fused-ring (bicyclic) bond motifs is 1. The van der Waals surface area contributed by atoms with Gasteiger partial charge in [-0.25, -0.2) is 8.42 Å². The molecule has 34 heavy (non-hydrogen) atoms. The van der Waals surface area contributed by atoms with Crippen molar-refractivity contribution in [3.05, 3.63) is 59.7 Å². The number of sulfonamides is 1. The van der Waals surface area contributed by atoms with Crippen molar-refractivity contribution >= 4 is 27.5 Å². The van der Waals surface area contributed by atoms with Crippen LogP contribution in [0.2, 0.25) is 0 Å². The summed E-state index contributed by atoms with van der Waals surface area (Å²) in [5.74, 6) is -0.277. The molecule has 2 aromatic carbocycles. The molecule has 2 aliphatic rings. The van der Waals surface area contributed by atoms with Gasteiger partial charge in [0.15, 0.2) is 0 Å². The van der Waals surface area contributed by atoms with Crippen LogP contribution >= 0.6 is 0 Å². The normalized spacial score (nSPS) is 19.5. The van der Waals surface area contributed by atoms with E-state index in [4.69, 9.17) is 0 Å². The number of carbonyl (C=O) groups is 2. The molecule has 1 N–H and O–H groups in total. The molecule has 0 bridgehead atoms. The summed E-state index contributed by atoms with van der Waals surface area (Å²) in [5.41, 5.74) is 2.69. The van der Waals surface area contributed by atoms with Gasteiger partial charge in [0.05, 0.1) is 17.4 Å². The van der Waals surface area contributed by atoms with Crippen LogP contribution in [0.3, 0.4) is 0 Å². The van der Waals surface area contributed by atoms with Gasteiger partial charge in [-0.1, -0.05) is 31.2 Å². The predicted molar refractivity (Wildman–Crippen MR) is 131 cm³/mol. The molecule has 0 saturated carbocycles. The standard InChI is InChI=1S/C25H32N4O4S/c1-3-27-14-16-28(17-15-27)34(32,33)22-10-8-21(9-11-22)26-25(31)18-24-23-7-5-4-6-20(23)12-13-29(24)19(2)30/h4-11,24H,3,12-18H2,1-2H3,(H,26,31). The van der Waals surface area contributed by atoms with Gasteiger partial charge in [-0.2, -0.15) is 4.31 Å². The molecule has 2 aromatic rings. The van der Waals surface area contributed by atoms with E-state index >= 15 is 0 Å². The van der Waals surface area contributed by atoms with Crippen molar-refractivity contribution in [1.82, 2.24) is 14.1 Å². The number of hydrogen-bond donors (Lipinski definition) is 1. The lowest BCUT2D eigenvalue weighted by atomic mass is 9.90. The highest BCUT2D eigenvalue weighted by Gasteiger charge is 2.31. The van der Waals surface area contributed by atoms with Crippen molar-refractivity contribution in [3.8, 4) is 0 Å². The highest BCUT2D eigenvalue weighted by atomic mass is 32.2. The summed E-state index contributed by atoms with van der Waals surface area (Å²) >= 11 is 0. The van der Waals surface area contributed by atoms with E-state index in [1.165, 1.54) is 23.4 Å². The average Bonchev–Trinajstić information content (AvgIpc) is 2.84. The zero-order valence-corrected chi connectivity index (χ0v) is 20.6. The van der Waals surface area contributed by atoms with Gasteiger partial charge >= 0.3 is 0 Å². The second kappa shape index (κ2) is 10.2. The largest absolute Gasteiger partial charge is 0.335 e. The number of nitrogens with one attached hydrogen (secondary N) is 1. The van der Waals surface area contributed by atoms with Gasteiger partial charge in [-0.05, 0) is 48.4 Å². The van der Waals surface area contributed by atoms with Gasteiger partial charge in [0.25, 0.3) is 0 Å². The van der Waals surface area contributed by atoms with Crippen LogP contribution in [-0.4, -0.2) is 73.6 Å². The molecule has 8 nitrogen and oxygen atoms in total. The van der Waals surface area contributed by atoms with E-state index in [9.17, 15) is 18.0 Å². The Morgan fingerprint density at radius 2 is 1.65 bits per heavy atom. The Labute approximate surface area is 201 Å². The van der Waals surface area contributed by atoms with Gasteiger partial charge in [-0.15, -0.1) is 0 Å². The minimum absolute atomic E-state index is 0.0540. The summed E-state index contributed by atoms with van der Waals surface area (Å²) in [6.07, 6.45) is 0.912. The van der Waals surface area contributed by atoms with Crippen molar-refractivity contribution in [2.75, 3.05) is 44.6 Å². The maximum absolute atomic E-state index is 13.0. The maximum atomic E-state index is 13.0. The maximum Gasteiger partial charge on any atom is 0.243 e. The lowest BCUT2D eigenvalue weighted by Crippen LogP contribution is -2.48. The van der Waals surface area contributed by atoms with Gasteiger partial charge in [0, 0.05) is 45.3 Å². The molecule has 0 aliphatic carbocycles. The summed E-state index contributed by atoms with van der Waals surface area (Å²) in [5, 5.41) is 2.86. The third-order valence-electron chi connectivity index (χ3n) is 6.75. The SMILES string of the molecule is CCN1CCN(S(=O)(=O)c2ccc(NC(=O)CC3c4ccccc4CCN3C(C)=O)cc2)CC1. The summed E-state index contributed by atoms with van der Waals surface area (Å²) < 4.78 is 27.5. The van der Waals surface area contributed by atoms with E-state index < -0.39 is 10.0 Å². The minimum Gasteiger partial charge on any atom is -0.335 e. The molecule has 9 heteroatoms. The molecule has 4 rings (SSSR count). The van der Waals surface area contributed by atoms with E-state index in [-0.39, 0.29) is 29.2 Å². The molecule has 182 valence electrons. The van der Waals surface area contributed by atoms with Crippen molar-refractivity contribution in [2.45, 2.75) is 37.6 Å². The van der Waals surface area contributed by atoms with Crippen LogP contribution in [0, 0.1) is 0 Å². The monoisotopic (exact) mass is 484 g/mol. The van der Waals surface area contributed by atoms with Gasteiger partial charge in [0.2, 0.25) is 21.8 Å². The van der Waals surface area contributed by atoms with Crippen molar-refractivity contribution in [1.29, 1.82) is 0 Å². The zero-order chi connectivity index (χ0) is 24.3. The zero-order valence-electron chi connectivity index (χ0n) is 19.7. The van der Waals surface area contributed by atoms with Crippen LogP contribution in [0.5, 0.6) is 0 Å². The third-order valence-corrected chi connectivity index (χ3v) is 8.66. The molecule has 0 radical (unpaired) electrons. The molecule has 1 unspecified atom stereocenters. The second-order valence-corrected chi connectivity index (χ2v) is 10.7. The average molecular weight is 485 g/mol. The summed E-state index contributed by atoms with van der Waals surface area (Å²) in [6, 6.07) is 13.9. The van der Waals surface area contributed by atoms with E-state index in [0.717, 1.165) is 37.2 Å². The van der Waals surface area contributed by atoms with Crippen LogP contribution in [0.25, 0.3) is 0 Å². The van der Waals surface area contributed by atoms with Gasteiger partial charge in [0.1, 0.15) is 0 Å². The Morgan fingerprint density at radius 3 is 2.29 bits per heavy atom. The molecular weight excluding hydrogens is 452 g/mol. The fourth-order valence-electron chi connectivity index (χ4n) is 4.78. The van der Waals surface area contributed by atoms with E-state index in [2.05, 4.69) is 17.1 Å². The fourth-order valence-corrected chi connectivity index (χ4v) is 6.20. The van der Waals surface area contributed by atoms with Crippen molar-refractivity contribution < 1.29 is 18.0 Å². The van der Waals surface area contributed by atoms with Crippen LogP contribution in [0.4, 0.5) is 5.69 Å². The highest BCUT2D eigenvalue weighted by molar-refractivity contribution is 7.89. The number of hydrogen-bond acceptors (Lipinski definition) is 5. The number of likely N-dealkylation sites (N-methyl/N-ethyl adjacent to an activating group) is 1. The van der Waals surface area contributed by atoms with Gasteiger partial charge < -0.3 is 15.1 Å². The van der Waals surface area contributed by atoms with E-state index in [0.29, 0.717) is 25.3 Å². The Balaban J connectivity index is 1.42.